The van der Waals surface area contributed by atoms with Gasteiger partial charge in [0, 0.05) is 22.4 Å². The van der Waals surface area contributed by atoms with E-state index in [0.29, 0.717) is 23.0 Å². The molecule has 0 aliphatic carbocycles. The molecule has 29 heavy (non-hydrogen) atoms. The van der Waals surface area contributed by atoms with Gasteiger partial charge in [-0.05, 0) is 37.1 Å². The van der Waals surface area contributed by atoms with Crippen molar-refractivity contribution < 1.29 is 4.79 Å². The fourth-order valence-electron chi connectivity index (χ4n) is 2.67. The lowest BCUT2D eigenvalue weighted by Crippen LogP contribution is -2.25. The largest absolute Gasteiger partial charge is 0.325 e. The maximum absolute atomic E-state index is 12.7. The molecule has 1 heterocycles. The van der Waals surface area contributed by atoms with Gasteiger partial charge in [-0.15, -0.1) is 11.8 Å². The Balaban J connectivity index is 1.68. The standard InChI is InChI=1S/C22H23N3O2S2/c1-3-19(21(27)24-18-12-8-7-9-15(18)2)29-22-23-16(13-20(26)25-22)14-28-17-10-5-4-6-11-17/h4-13,19H,3,14H2,1-2H3,(H,24,27)(H,23,25,26). The molecule has 0 fully saturated rings. The number of hydrogen-bond acceptors (Lipinski definition) is 5. The van der Waals surface area contributed by atoms with E-state index >= 15 is 0 Å². The Morgan fingerprint density at radius 3 is 2.59 bits per heavy atom. The van der Waals surface area contributed by atoms with Crippen LogP contribution in [0.3, 0.4) is 0 Å². The van der Waals surface area contributed by atoms with Gasteiger partial charge in [0.1, 0.15) is 0 Å². The fraction of sp³-hybridized carbons (Fsp3) is 0.227. The number of rotatable bonds is 8. The molecule has 0 bridgehead atoms. The summed E-state index contributed by atoms with van der Waals surface area (Å²) in [6.07, 6.45) is 0.620. The molecule has 1 amide bonds. The van der Waals surface area contributed by atoms with Crippen molar-refractivity contribution >= 4 is 35.1 Å². The van der Waals surface area contributed by atoms with Crippen molar-refractivity contribution in [2.45, 2.75) is 41.3 Å². The lowest BCUT2D eigenvalue weighted by molar-refractivity contribution is -0.115. The van der Waals surface area contributed by atoms with Crippen molar-refractivity contribution in [3.63, 3.8) is 0 Å². The second-order valence-corrected chi connectivity index (χ2v) is 8.70. The van der Waals surface area contributed by atoms with Crippen molar-refractivity contribution in [3.8, 4) is 0 Å². The van der Waals surface area contributed by atoms with Crippen LogP contribution >= 0.6 is 23.5 Å². The molecule has 0 saturated carbocycles. The Kier molecular flexibility index (Phi) is 7.55. The average Bonchev–Trinajstić information content (AvgIpc) is 2.72. The maximum atomic E-state index is 12.7. The number of aromatic nitrogens is 2. The third kappa shape index (κ3) is 6.24. The van der Waals surface area contributed by atoms with Gasteiger partial charge in [-0.1, -0.05) is 55.1 Å². The van der Waals surface area contributed by atoms with Crippen LogP contribution in [0.1, 0.15) is 24.6 Å². The molecule has 5 nitrogen and oxygen atoms in total. The Morgan fingerprint density at radius 2 is 1.86 bits per heavy atom. The van der Waals surface area contributed by atoms with Crippen LogP contribution in [0.15, 0.2) is 75.5 Å². The number of benzene rings is 2. The number of amides is 1. The van der Waals surface area contributed by atoms with E-state index < -0.39 is 0 Å². The number of thioether (sulfide) groups is 2. The summed E-state index contributed by atoms with van der Waals surface area (Å²) in [5, 5.41) is 3.09. The van der Waals surface area contributed by atoms with Crippen LogP contribution in [0.5, 0.6) is 0 Å². The summed E-state index contributed by atoms with van der Waals surface area (Å²) in [7, 11) is 0. The van der Waals surface area contributed by atoms with Gasteiger partial charge in [-0.2, -0.15) is 0 Å². The fourth-order valence-corrected chi connectivity index (χ4v) is 4.41. The first kappa shape index (κ1) is 21.2. The number of nitrogens with zero attached hydrogens (tertiary/aromatic N) is 1. The summed E-state index contributed by atoms with van der Waals surface area (Å²) >= 11 is 2.91. The number of hydrogen-bond donors (Lipinski definition) is 2. The minimum absolute atomic E-state index is 0.0986. The number of anilines is 1. The highest BCUT2D eigenvalue weighted by atomic mass is 32.2. The van der Waals surface area contributed by atoms with Gasteiger partial charge in [0.2, 0.25) is 5.91 Å². The molecular weight excluding hydrogens is 402 g/mol. The zero-order valence-corrected chi connectivity index (χ0v) is 18.0. The van der Waals surface area contributed by atoms with Crippen LogP contribution in [-0.4, -0.2) is 21.1 Å². The van der Waals surface area contributed by atoms with Crippen LogP contribution in [-0.2, 0) is 10.5 Å². The molecule has 0 radical (unpaired) electrons. The van der Waals surface area contributed by atoms with Gasteiger partial charge in [0.25, 0.3) is 5.56 Å². The van der Waals surface area contributed by atoms with E-state index in [2.05, 4.69) is 15.3 Å². The summed E-state index contributed by atoms with van der Waals surface area (Å²) in [5.74, 6) is 0.492. The maximum Gasteiger partial charge on any atom is 0.251 e. The summed E-state index contributed by atoms with van der Waals surface area (Å²) in [4.78, 5) is 33.2. The third-order valence-corrected chi connectivity index (χ3v) is 6.52. The SMILES string of the molecule is CCC(Sc1nc(CSc2ccccc2)cc(=O)[nH]1)C(=O)Nc1ccccc1C. The minimum Gasteiger partial charge on any atom is -0.325 e. The lowest BCUT2D eigenvalue weighted by atomic mass is 10.2. The molecule has 3 rings (SSSR count). The molecule has 1 unspecified atom stereocenters. The Labute approximate surface area is 178 Å². The Morgan fingerprint density at radius 1 is 1.14 bits per heavy atom. The van der Waals surface area contributed by atoms with Crippen molar-refractivity contribution in [1.82, 2.24) is 9.97 Å². The number of nitrogens with one attached hydrogen (secondary N) is 2. The van der Waals surface area contributed by atoms with Crippen molar-refractivity contribution in [2.24, 2.45) is 0 Å². The summed E-state index contributed by atoms with van der Waals surface area (Å²) in [5.41, 5.74) is 2.29. The van der Waals surface area contributed by atoms with Crippen molar-refractivity contribution in [2.75, 3.05) is 5.32 Å². The number of H-pyrrole nitrogens is 1. The Bertz CT molecular complexity index is 1020. The van der Waals surface area contributed by atoms with Gasteiger partial charge < -0.3 is 10.3 Å². The van der Waals surface area contributed by atoms with E-state index in [1.807, 2.05) is 68.4 Å². The average molecular weight is 426 g/mol. The lowest BCUT2D eigenvalue weighted by Gasteiger charge is -2.15. The predicted octanol–water partition coefficient (Wildman–Crippen LogP) is 4.88. The molecule has 1 atom stereocenters. The van der Waals surface area contributed by atoms with Crippen LogP contribution in [0.2, 0.25) is 0 Å². The molecule has 2 aromatic carbocycles. The highest BCUT2D eigenvalue weighted by Crippen LogP contribution is 2.25. The molecule has 7 heteroatoms. The van der Waals surface area contributed by atoms with Gasteiger partial charge in [-0.25, -0.2) is 4.98 Å². The van der Waals surface area contributed by atoms with Crippen LogP contribution in [0, 0.1) is 6.92 Å². The van der Waals surface area contributed by atoms with Crippen LogP contribution < -0.4 is 10.9 Å². The molecule has 2 N–H and O–H groups in total. The van der Waals surface area contributed by atoms with E-state index in [1.165, 1.54) is 17.8 Å². The normalized spacial score (nSPS) is 11.8. The number of aryl methyl sites for hydroxylation is 1. The number of aromatic amines is 1. The molecule has 1 aromatic heterocycles. The second kappa shape index (κ2) is 10.3. The first-order valence-electron chi connectivity index (χ1n) is 9.36. The number of carbonyl (C=O) groups is 1. The van der Waals surface area contributed by atoms with E-state index in [0.717, 1.165) is 16.1 Å². The molecular formula is C22H23N3O2S2. The van der Waals surface area contributed by atoms with Crippen molar-refractivity contribution in [1.29, 1.82) is 0 Å². The zero-order chi connectivity index (χ0) is 20.6. The molecule has 3 aromatic rings. The monoisotopic (exact) mass is 425 g/mol. The molecule has 150 valence electrons. The zero-order valence-electron chi connectivity index (χ0n) is 16.3. The first-order chi connectivity index (χ1) is 14.0. The highest BCUT2D eigenvalue weighted by molar-refractivity contribution is 8.00. The smallest absolute Gasteiger partial charge is 0.251 e. The van der Waals surface area contributed by atoms with Crippen LogP contribution in [0.4, 0.5) is 5.69 Å². The van der Waals surface area contributed by atoms with E-state index in [9.17, 15) is 9.59 Å². The quantitative estimate of drug-likeness (QED) is 0.397. The van der Waals surface area contributed by atoms with E-state index in [-0.39, 0.29) is 16.7 Å². The molecule has 0 aliphatic heterocycles. The third-order valence-electron chi connectivity index (χ3n) is 4.22. The predicted molar refractivity (Wildman–Crippen MR) is 121 cm³/mol. The Hall–Kier alpha value is -2.51. The van der Waals surface area contributed by atoms with Crippen LogP contribution in [0.25, 0.3) is 0 Å². The van der Waals surface area contributed by atoms with Gasteiger partial charge in [-0.3, -0.25) is 9.59 Å². The van der Waals surface area contributed by atoms with E-state index in [4.69, 9.17) is 0 Å². The highest BCUT2D eigenvalue weighted by Gasteiger charge is 2.20. The topological polar surface area (TPSA) is 74.8 Å². The van der Waals surface area contributed by atoms with Gasteiger partial charge in [0.15, 0.2) is 5.16 Å². The van der Waals surface area contributed by atoms with Crippen molar-refractivity contribution in [3.05, 3.63) is 82.3 Å². The second-order valence-electron chi connectivity index (χ2n) is 6.46. The summed E-state index contributed by atoms with van der Waals surface area (Å²) < 4.78 is 0. The summed E-state index contributed by atoms with van der Waals surface area (Å²) in [6.45, 7) is 3.90. The number of para-hydroxylation sites is 1. The first-order valence-corrected chi connectivity index (χ1v) is 11.2. The minimum atomic E-state index is -0.352. The van der Waals surface area contributed by atoms with Gasteiger partial charge >= 0.3 is 0 Å². The molecule has 0 spiro atoms. The molecule has 0 saturated heterocycles. The molecule has 0 aliphatic rings. The summed E-state index contributed by atoms with van der Waals surface area (Å²) in [6, 6.07) is 19.1. The van der Waals surface area contributed by atoms with Gasteiger partial charge in [0.05, 0.1) is 10.9 Å². The number of carbonyl (C=O) groups excluding carboxylic acids is 1. The van der Waals surface area contributed by atoms with E-state index in [1.54, 1.807) is 11.8 Å².